The predicted molar refractivity (Wildman–Crippen MR) is 157 cm³/mol. The topological polar surface area (TPSA) is 88.9 Å². The molecule has 0 radical (unpaired) electrons. The largest absolute Gasteiger partial charge is 0.376 e. The number of aromatic nitrogens is 1. The molecule has 0 unspecified atom stereocenters. The van der Waals surface area contributed by atoms with Gasteiger partial charge in [-0.05, 0) is 81.4 Å². The molecule has 2 fully saturated rings. The number of aryl methyl sites for hydroxylation is 1. The molecule has 3 heterocycles. The number of piperidine rings is 1. The summed E-state index contributed by atoms with van der Waals surface area (Å²) in [6, 6.07) is 4.78. The molecule has 218 valence electrons. The Hall–Kier alpha value is -2.49. The first kappa shape index (κ1) is 29.0. The number of rotatable bonds is 8. The van der Waals surface area contributed by atoms with Gasteiger partial charge in [0, 0.05) is 50.9 Å². The van der Waals surface area contributed by atoms with Crippen molar-refractivity contribution in [3.63, 3.8) is 0 Å². The van der Waals surface area contributed by atoms with Gasteiger partial charge in [-0.15, -0.1) is 0 Å². The summed E-state index contributed by atoms with van der Waals surface area (Å²) in [6.07, 6.45) is 11.8. The summed E-state index contributed by atoms with van der Waals surface area (Å²) in [5.74, 6) is 0.589. The van der Waals surface area contributed by atoms with Gasteiger partial charge in [-0.1, -0.05) is 26.0 Å². The molecule has 2 aromatic rings. The van der Waals surface area contributed by atoms with Gasteiger partial charge >= 0.3 is 0 Å². The van der Waals surface area contributed by atoms with E-state index in [2.05, 4.69) is 26.0 Å². The highest BCUT2D eigenvalue weighted by Gasteiger charge is 2.33. The van der Waals surface area contributed by atoms with Crippen LogP contribution in [0.15, 0.2) is 46.2 Å². The second-order valence-electron chi connectivity index (χ2n) is 12.1. The van der Waals surface area contributed by atoms with Crippen LogP contribution >= 0.6 is 0 Å². The van der Waals surface area contributed by atoms with E-state index in [4.69, 9.17) is 4.74 Å². The Morgan fingerprint density at radius 3 is 2.52 bits per heavy atom. The SMILES string of the molecule is CCn1cc(C(=O)N(C[C@@H]2CC=CCC2)C[C@H]2CCCO2)c(=O)c2cc(S(=O)(=O)N3C[C@H](C)C[C@H](C)C3)ccc21. The average Bonchev–Trinajstić information content (AvgIpc) is 3.46. The van der Waals surface area contributed by atoms with E-state index in [9.17, 15) is 18.0 Å². The lowest BCUT2D eigenvalue weighted by atomic mass is 9.93. The van der Waals surface area contributed by atoms with Gasteiger partial charge in [0.1, 0.15) is 5.56 Å². The van der Waals surface area contributed by atoms with Crippen molar-refractivity contribution in [2.24, 2.45) is 17.8 Å². The van der Waals surface area contributed by atoms with Crippen LogP contribution in [0.25, 0.3) is 10.9 Å². The van der Waals surface area contributed by atoms with E-state index in [1.165, 1.54) is 6.07 Å². The zero-order chi connectivity index (χ0) is 28.4. The van der Waals surface area contributed by atoms with Crippen molar-refractivity contribution in [1.29, 1.82) is 0 Å². The van der Waals surface area contributed by atoms with Crippen LogP contribution in [0.2, 0.25) is 0 Å². The molecule has 1 amide bonds. The van der Waals surface area contributed by atoms with Crippen LogP contribution in [0.3, 0.4) is 0 Å². The van der Waals surface area contributed by atoms with E-state index in [0.29, 0.717) is 50.8 Å². The van der Waals surface area contributed by atoms with Crippen molar-refractivity contribution < 1.29 is 17.9 Å². The van der Waals surface area contributed by atoms with Crippen LogP contribution in [0, 0.1) is 17.8 Å². The summed E-state index contributed by atoms with van der Waals surface area (Å²) in [5.41, 5.74) is 0.308. The minimum absolute atomic E-state index is 0.0250. The van der Waals surface area contributed by atoms with Crippen LogP contribution in [-0.4, -0.2) is 67.0 Å². The first-order valence-corrected chi connectivity index (χ1v) is 16.3. The van der Waals surface area contributed by atoms with Crippen LogP contribution in [-0.2, 0) is 21.3 Å². The van der Waals surface area contributed by atoms with E-state index >= 15 is 0 Å². The van der Waals surface area contributed by atoms with E-state index < -0.39 is 15.5 Å². The Bertz CT molecular complexity index is 1420. The van der Waals surface area contributed by atoms with Gasteiger partial charge in [-0.3, -0.25) is 9.59 Å². The molecule has 1 aromatic carbocycles. The molecular weight excluding hydrogens is 526 g/mol. The van der Waals surface area contributed by atoms with E-state index in [1.807, 2.05) is 11.5 Å². The highest BCUT2D eigenvalue weighted by Crippen LogP contribution is 2.28. The average molecular weight is 570 g/mol. The number of sulfonamides is 1. The van der Waals surface area contributed by atoms with E-state index in [1.54, 1.807) is 27.5 Å². The molecule has 9 heteroatoms. The van der Waals surface area contributed by atoms with Gasteiger partial charge in [-0.25, -0.2) is 8.42 Å². The molecule has 3 aliphatic rings. The molecule has 8 nitrogen and oxygen atoms in total. The van der Waals surface area contributed by atoms with Gasteiger partial charge in [0.2, 0.25) is 15.5 Å². The fourth-order valence-electron chi connectivity index (χ4n) is 6.68. The summed E-state index contributed by atoms with van der Waals surface area (Å²) >= 11 is 0. The number of pyridine rings is 1. The van der Waals surface area contributed by atoms with Crippen LogP contribution < -0.4 is 5.43 Å². The van der Waals surface area contributed by atoms with Crippen molar-refractivity contribution in [3.05, 3.63) is 52.3 Å². The maximum absolute atomic E-state index is 14.1. The summed E-state index contributed by atoms with van der Waals surface area (Å²) < 4.78 is 36.6. The number of benzene rings is 1. The second-order valence-corrected chi connectivity index (χ2v) is 14.0. The van der Waals surface area contributed by atoms with Crippen molar-refractivity contribution in [2.45, 2.75) is 76.8 Å². The van der Waals surface area contributed by atoms with Crippen LogP contribution in [0.5, 0.6) is 0 Å². The van der Waals surface area contributed by atoms with Crippen molar-refractivity contribution >= 4 is 26.8 Å². The third kappa shape index (κ3) is 6.06. The number of hydrogen-bond acceptors (Lipinski definition) is 5. The highest BCUT2D eigenvalue weighted by atomic mass is 32.2. The number of nitrogens with zero attached hydrogens (tertiary/aromatic N) is 3. The number of ether oxygens (including phenoxy) is 1. The van der Waals surface area contributed by atoms with Crippen molar-refractivity contribution in [3.8, 4) is 0 Å². The zero-order valence-electron chi connectivity index (χ0n) is 24.0. The molecule has 5 rings (SSSR count). The Balaban J connectivity index is 1.52. The van der Waals surface area contributed by atoms with Gasteiger partial charge in [0.25, 0.3) is 5.91 Å². The third-order valence-corrected chi connectivity index (χ3v) is 10.5. The number of carbonyl (C=O) groups is 1. The lowest BCUT2D eigenvalue weighted by molar-refractivity contribution is 0.0482. The predicted octanol–water partition coefficient (Wildman–Crippen LogP) is 4.67. The summed E-state index contributed by atoms with van der Waals surface area (Å²) in [5, 5.41) is 0.268. The van der Waals surface area contributed by atoms with Gasteiger partial charge in [0.15, 0.2) is 0 Å². The van der Waals surface area contributed by atoms with E-state index in [-0.39, 0.29) is 39.7 Å². The second kappa shape index (κ2) is 12.2. The smallest absolute Gasteiger partial charge is 0.259 e. The molecule has 40 heavy (non-hydrogen) atoms. The number of allylic oxidation sites excluding steroid dienone is 2. The lowest BCUT2D eigenvalue weighted by Crippen LogP contribution is -2.43. The molecule has 4 atom stereocenters. The monoisotopic (exact) mass is 569 g/mol. The molecule has 0 N–H and O–H groups in total. The van der Waals surface area contributed by atoms with Gasteiger partial charge < -0.3 is 14.2 Å². The number of fused-ring (bicyclic) bond motifs is 1. The molecule has 0 saturated carbocycles. The van der Waals surface area contributed by atoms with Crippen molar-refractivity contribution in [1.82, 2.24) is 13.8 Å². The number of hydrogen-bond donors (Lipinski definition) is 0. The number of amides is 1. The third-order valence-electron chi connectivity index (χ3n) is 8.69. The quantitative estimate of drug-likeness (QED) is 0.432. The first-order chi connectivity index (χ1) is 19.2. The minimum Gasteiger partial charge on any atom is -0.376 e. The van der Waals surface area contributed by atoms with Gasteiger partial charge in [0.05, 0.1) is 16.5 Å². The standard InChI is InChI=1S/C31H43N3O5S/c1-4-32-21-28(31(36)33(20-25-11-8-14-39-25)19-24-9-6-5-7-10-24)30(35)27-16-26(12-13-29(27)32)40(37,38)34-17-22(2)15-23(3)18-34/h5-6,12-13,16,21-25H,4,7-11,14-15,17-20H2,1-3H3/t22-,23+,24-,25-/m1/s1. The molecular formula is C31H43N3O5S. The Morgan fingerprint density at radius 1 is 1.10 bits per heavy atom. The molecule has 2 aliphatic heterocycles. The first-order valence-electron chi connectivity index (χ1n) is 14.9. The molecule has 0 spiro atoms. The van der Waals surface area contributed by atoms with Gasteiger partial charge in [-0.2, -0.15) is 4.31 Å². The zero-order valence-corrected chi connectivity index (χ0v) is 24.9. The molecule has 1 aliphatic carbocycles. The fraction of sp³-hybridized carbons (Fsp3) is 0.613. The molecule has 1 aromatic heterocycles. The Labute approximate surface area is 238 Å². The highest BCUT2D eigenvalue weighted by molar-refractivity contribution is 7.89. The van der Waals surface area contributed by atoms with Crippen LogP contribution in [0.1, 0.15) is 69.7 Å². The normalized spacial score (nSPS) is 25.9. The summed E-state index contributed by atoms with van der Waals surface area (Å²) in [6.45, 7) is 9.32. The fourth-order valence-corrected chi connectivity index (χ4v) is 8.39. The maximum Gasteiger partial charge on any atom is 0.259 e. The molecule has 0 bridgehead atoms. The van der Waals surface area contributed by atoms with Crippen molar-refractivity contribution in [2.75, 3.05) is 32.8 Å². The summed E-state index contributed by atoms with van der Waals surface area (Å²) in [4.78, 5) is 29.9. The maximum atomic E-state index is 14.1. The lowest BCUT2D eigenvalue weighted by Gasteiger charge is -2.34. The Kier molecular flexibility index (Phi) is 8.83. The number of carbonyl (C=O) groups excluding carboxylic acids is 1. The molecule has 2 saturated heterocycles. The Morgan fingerprint density at radius 2 is 1.88 bits per heavy atom. The van der Waals surface area contributed by atoms with E-state index in [0.717, 1.165) is 38.5 Å². The summed E-state index contributed by atoms with van der Waals surface area (Å²) in [7, 11) is -3.77. The van der Waals surface area contributed by atoms with Crippen LogP contribution in [0.4, 0.5) is 0 Å². The minimum atomic E-state index is -3.77.